The first kappa shape index (κ1) is 12.1. The second-order valence-corrected chi connectivity index (χ2v) is 6.58. The van der Waals surface area contributed by atoms with E-state index < -0.39 is 0 Å². The van der Waals surface area contributed by atoms with Crippen LogP contribution in [-0.4, -0.2) is 5.75 Å². The predicted octanol–water partition coefficient (Wildman–Crippen LogP) is 4.57. The van der Waals surface area contributed by atoms with Crippen LogP contribution in [0.4, 0.5) is 0 Å². The van der Waals surface area contributed by atoms with E-state index in [1.807, 2.05) is 0 Å². The van der Waals surface area contributed by atoms with Gasteiger partial charge in [-0.05, 0) is 29.2 Å². The van der Waals surface area contributed by atoms with Crippen LogP contribution in [0.15, 0.2) is 22.6 Å². The maximum absolute atomic E-state index is 8.20. The predicted molar refractivity (Wildman–Crippen MR) is 72.6 cm³/mol. The van der Waals surface area contributed by atoms with Gasteiger partial charge >= 0.3 is 0 Å². The second kappa shape index (κ2) is 5.81. The zero-order chi connectivity index (χ0) is 11.4. The van der Waals surface area contributed by atoms with Gasteiger partial charge in [-0.25, -0.2) is 0 Å². The number of nitrogens with one attached hydrogen (secondary N) is 1. The molecule has 0 aromatic heterocycles. The molecule has 2 rings (SSSR count). The Balaban J connectivity index is 2.07. The summed E-state index contributed by atoms with van der Waals surface area (Å²) in [5.41, 5.74) is 1.47. The van der Waals surface area contributed by atoms with Gasteiger partial charge in [0.1, 0.15) is 0 Å². The summed E-state index contributed by atoms with van der Waals surface area (Å²) in [7, 11) is -0.217. The molecule has 1 fully saturated rings. The van der Waals surface area contributed by atoms with Gasteiger partial charge in [0.15, 0.2) is 0 Å². The Hall–Kier alpha value is -0.370. The highest BCUT2D eigenvalue weighted by Gasteiger charge is 2.19. The summed E-state index contributed by atoms with van der Waals surface area (Å²) >= 11 is 0. The molecule has 2 aliphatic rings. The molecule has 1 nitrogen and oxygen atoms in total. The summed E-state index contributed by atoms with van der Waals surface area (Å²) in [4.78, 5) is 1.48. The molecule has 1 heterocycles. The third kappa shape index (κ3) is 2.85. The number of allylic oxidation sites excluding steroid dienone is 3. The van der Waals surface area contributed by atoms with Crippen LogP contribution in [0.5, 0.6) is 0 Å². The van der Waals surface area contributed by atoms with E-state index in [0.717, 1.165) is 18.1 Å². The molecule has 0 aromatic rings. The van der Waals surface area contributed by atoms with E-state index in [1.54, 1.807) is 0 Å². The third-order valence-corrected chi connectivity index (χ3v) is 5.37. The molecule has 1 atom stereocenters. The van der Waals surface area contributed by atoms with E-state index in [9.17, 15) is 0 Å². The van der Waals surface area contributed by atoms with Crippen LogP contribution in [0.25, 0.3) is 0 Å². The minimum absolute atomic E-state index is 0.217. The SMILES string of the molecule is CCC1=C(CC2CCCCC2)S(=N)CC=C1. The van der Waals surface area contributed by atoms with Gasteiger partial charge in [0.05, 0.1) is 0 Å². The van der Waals surface area contributed by atoms with E-state index in [0.29, 0.717) is 0 Å². The molecule has 1 N–H and O–H groups in total. The van der Waals surface area contributed by atoms with Crippen molar-refractivity contribution in [3.05, 3.63) is 22.6 Å². The fourth-order valence-electron chi connectivity index (χ4n) is 2.84. The molecule has 0 spiro atoms. The molecule has 16 heavy (non-hydrogen) atoms. The summed E-state index contributed by atoms with van der Waals surface area (Å²) in [6.07, 6.45) is 13.9. The minimum Gasteiger partial charge on any atom is -0.276 e. The topological polar surface area (TPSA) is 23.9 Å². The molecule has 90 valence electrons. The van der Waals surface area contributed by atoms with Gasteiger partial charge in [-0.1, -0.05) is 61.9 Å². The number of rotatable bonds is 3. The lowest BCUT2D eigenvalue weighted by Gasteiger charge is -2.25. The average Bonchev–Trinajstić information content (AvgIpc) is 2.33. The summed E-state index contributed by atoms with van der Waals surface area (Å²) in [5.74, 6) is 1.85. The number of hydrogen-bond donors (Lipinski definition) is 1. The van der Waals surface area contributed by atoms with Crippen molar-refractivity contribution in [2.45, 2.75) is 51.9 Å². The minimum atomic E-state index is -0.217. The zero-order valence-corrected chi connectivity index (χ0v) is 11.1. The van der Waals surface area contributed by atoms with Crippen LogP contribution in [0.2, 0.25) is 0 Å². The maximum atomic E-state index is 8.20. The second-order valence-electron chi connectivity index (χ2n) is 4.97. The standard InChI is InChI=1S/C14H23NS/c1-2-13-9-6-10-16(15)14(13)11-12-7-4-3-5-8-12/h6,9,12,15H,2-5,7-8,10-11H2,1H3. The molecule has 1 unspecified atom stereocenters. The van der Waals surface area contributed by atoms with E-state index in [4.69, 9.17) is 4.78 Å². The summed E-state index contributed by atoms with van der Waals surface area (Å²) < 4.78 is 8.20. The lowest BCUT2D eigenvalue weighted by molar-refractivity contribution is 0.359. The van der Waals surface area contributed by atoms with Gasteiger partial charge in [0.25, 0.3) is 0 Å². The van der Waals surface area contributed by atoms with Gasteiger partial charge in [-0.2, -0.15) is 0 Å². The first-order valence-electron chi connectivity index (χ1n) is 6.62. The molecule has 0 aromatic carbocycles. The van der Waals surface area contributed by atoms with Crippen molar-refractivity contribution in [1.82, 2.24) is 0 Å². The Labute approximate surface area is 102 Å². The third-order valence-electron chi connectivity index (χ3n) is 3.82. The summed E-state index contributed by atoms with van der Waals surface area (Å²) in [6, 6.07) is 0. The fourth-order valence-corrected chi connectivity index (χ4v) is 4.29. The van der Waals surface area contributed by atoms with Crippen LogP contribution in [0, 0.1) is 10.7 Å². The van der Waals surface area contributed by atoms with Crippen LogP contribution in [0.1, 0.15) is 51.9 Å². The molecule has 2 heteroatoms. The van der Waals surface area contributed by atoms with Crippen molar-refractivity contribution in [1.29, 1.82) is 4.78 Å². The highest BCUT2D eigenvalue weighted by atomic mass is 32.2. The van der Waals surface area contributed by atoms with Crippen LogP contribution < -0.4 is 0 Å². The quantitative estimate of drug-likeness (QED) is 0.743. The van der Waals surface area contributed by atoms with Gasteiger partial charge < -0.3 is 0 Å². The molecule has 1 aliphatic heterocycles. The van der Waals surface area contributed by atoms with Crippen molar-refractivity contribution in [2.75, 3.05) is 5.75 Å². The van der Waals surface area contributed by atoms with Gasteiger partial charge in [-0.15, -0.1) is 0 Å². The van der Waals surface area contributed by atoms with E-state index >= 15 is 0 Å². The highest BCUT2D eigenvalue weighted by Crippen LogP contribution is 2.33. The smallest absolute Gasteiger partial charge is 0.0264 e. The fraction of sp³-hybridized carbons (Fsp3) is 0.714. The highest BCUT2D eigenvalue weighted by molar-refractivity contribution is 7.90. The van der Waals surface area contributed by atoms with Crippen molar-refractivity contribution >= 4 is 10.7 Å². The van der Waals surface area contributed by atoms with Gasteiger partial charge in [0, 0.05) is 5.75 Å². The maximum Gasteiger partial charge on any atom is 0.0264 e. The van der Waals surface area contributed by atoms with Gasteiger partial charge in [0.2, 0.25) is 0 Å². The normalized spacial score (nSPS) is 27.4. The monoisotopic (exact) mass is 237 g/mol. The largest absolute Gasteiger partial charge is 0.276 e. The van der Waals surface area contributed by atoms with Crippen molar-refractivity contribution in [2.24, 2.45) is 5.92 Å². The van der Waals surface area contributed by atoms with E-state index in [-0.39, 0.29) is 10.7 Å². The molecular weight excluding hydrogens is 214 g/mol. The lowest BCUT2D eigenvalue weighted by atomic mass is 9.86. The van der Waals surface area contributed by atoms with E-state index in [1.165, 1.54) is 49.0 Å². The molecule has 0 bridgehead atoms. The average molecular weight is 237 g/mol. The van der Waals surface area contributed by atoms with Gasteiger partial charge in [-0.3, -0.25) is 4.78 Å². The first-order valence-corrected chi connectivity index (χ1v) is 8.01. The molecule has 1 aliphatic carbocycles. The first-order chi connectivity index (χ1) is 7.81. The van der Waals surface area contributed by atoms with Crippen LogP contribution in [0.3, 0.4) is 0 Å². The summed E-state index contributed by atoms with van der Waals surface area (Å²) in [6.45, 7) is 2.23. The Bertz CT molecular complexity index is 322. The van der Waals surface area contributed by atoms with Crippen molar-refractivity contribution in [3.8, 4) is 0 Å². The zero-order valence-electron chi connectivity index (χ0n) is 10.3. The molecule has 1 saturated carbocycles. The number of hydrogen-bond acceptors (Lipinski definition) is 1. The Morgan fingerprint density at radius 1 is 1.31 bits per heavy atom. The summed E-state index contributed by atoms with van der Waals surface area (Å²) in [5, 5.41) is 0. The van der Waals surface area contributed by atoms with Crippen molar-refractivity contribution in [3.63, 3.8) is 0 Å². The molecule has 0 amide bonds. The van der Waals surface area contributed by atoms with Crippen LogP contribution >= 0.6 is 0 Å². The molecule has 0 saturated heterocycles. The lowest BCUT2D eigenvalue weighted by Crippen LogP contribution is -2.12. The van der Waals surface area contributed by atoms with Crippen molar-refractivity contribution < 1.29 is 0 Å². The Morgan fingerprint density at radius 2 is 2.06 bits per heavy atom. The molecule has 0 radical (unpaired) electrons. The van der Waals surface area contributed by atoms with E-state index in [2.05, 4.69) is 19.1 Å². The van der Waals surface area contributed by atoms with Crippen LogP contribution in [-0.2, 0) is 10.7 Å². The Kier molecular flexibility index (Phi) is 4.39. The molecular formula is C14H23NS. The Morgan fingerprint density at radius 3 is 2.75 bits per heavy atom.